The molecule has 3 fully saturated rings. The second kappa shape index (κ2) is 13.6. The minimum Gasteiger partial charge on any atom is -0.458 e. The SMILES string of the molecule is CC12CCC(=O)C=C1CC[C@@H]1C2=CCC2(C)[C@H]1CC[C@]2(O)C(=O)COC(=O)CCC/C=C\C[C@@H]1C(Cc2ccccc2)[C@H](O)C[C@@H]1O. The lowest BCUT2D eigenvalue weighted by Crippen LogP contribution is -2.55. The van der Waals surface area contributed by atoms with E-state index in [1.807, 2.05) is 43.4 Å². The zero-order chi connectivity index (χ0) is 33.4. The fourth-order valence-corrected chi connectivity index (χ4v) is 10.1. The normalized spacial score (nSPS) is 37.9. The van der Waals surface area contributed by atoms with E-state index in [-0.39, 0.29) is 35.4 Å². The quantitative estimate of drug-likeness (QED) is 0.154. The van der Waals surface area contributed by atoms with Crippen LogP contribution < -0.4 is 0 Å². The number of fused-ring (bicyclic) bond motifs is 5. The summed E-state index contributed by atoms with van der Waals surface area (Å²) in [5.41, 5.74) is 1.56. The van der Waals surface area contributed by atoms with Crippen molar-refractivity contribution < 1.29 is 34.4 Å². The van der Waals surface area contributed by atoms with E-state index in [1.165, 1.54) is 11.1 Å². The molecule has 0 saturated heterocycles. The molecule has 1 aromatic rings. The van der Waals surface area contributed by atoms with Crippen molar-refractivity contribution in [1.82, 2.24) is 0 Å². The Morgan fingerprint density at radius 1 is 1.00 bits per heavy atom. The molecule has 0 spiro atoms. The molecular weight excluding hydrogens is 592 g/mol. The van der Waals surface area contributed by atoms with Crippen molar-refractivity contribution in [2.75, 3.05) is 6.61 Å². The first-order valence-corrected chi connectivity index (χ1v) is 17.9. The van der Waals surface area contributed by atoms with Crippen LogP contribution in [0.25, 0.3) is 0 Å². The van der Waals surface area contributed by atoms with Crippen LogP contribution in [0, 0.1) is 34.5 Å². The molecule has 3 N–H and O–H groups in total. The van der Waals surface area contributed by atoms with Gasteiger partial charge in [0.15, 0.2) is 12.4 Å². The molecule has 0 bridgehead atoms. The summed E-state index contributed by atoms with van der Waals surface area (Å²) in [6, 6.07) is 10.1. The second-order valence-electron chi connectivity index (χ2n) is 15.5. The third kappa shape index (κ3) is 6.36. The van der Waals surface area contributed by atoms with Gasteiger partial charge in [-0.1, -0.05) is 73.6 Å². The average Bonchev–Trinajstić information content (AvgIpc) is 3.49. The topological polar surface area (TPSA) is 121 Å². The summed E-state index contributed by atoms with van der Waals surface area (Å²) < 4.78 is 5.41. The number of allylic oxidation sites excluding steroid dienone is 6. The lowest BCUT2D eigenvalue weighted by atomic mass is 9.50. The van der Waals surface area contributed by atoms with E-state index >= 15 is 0 Å². The largest absolute Gasteiger partial charge is 0.458 e. The number of ketones is 2. The van der Waals surface area contributed by atoms with Crippen molar-refractivity contribution in [2.24, 2.45) is 34.5 Å². The number of carbonyl (C=O) groups excluding carboxylic acids is 3. The molecular formula is C40H52O7. The molecule has 5 aliphatic carbocycles. The Hall–Kier alpha value is -2.87. The number of benzene rings is 1. The fourth-order valence-electron chi connectivity index (χ4n) is 10.1. The molecule has 0 radical (unpaired) electrons. The maximum absolute atomic E-state index is 13.5. The Morgan fingerprint density at radius 3 is 2.55 bits per heavy atom. The first-order chi connectivity index (χ1) is 22.5. The number of aliphatic hydroxyl groups is 3. The summed E-state index contributed by atoms with van der Waals surface area (Å²) in [6.45, 7) is 3.89. The van der Waals surface area contributed by atoms with Crippen molar-refractivity contribution in [3.8, 4) is 0 Å². The number of unbranched alkanes of at least 4 members (excludes halogenated alkanes) is 1. The summed E-state index contributed by atoms with van der Waals surface area (Å²) in [6.07, 6.45) is 15.3. The lowest BCUT2D eigenvalue weighted by molar-refractivity contribution is -0.163. The molecule has 0 aliphatic heterocycles. The van der Waals surface area contributed by atoms with Crippen LogP contribution in [0.5, 0.6) is 0 Å². The summed E-state index contributed by atoms with van der Waals surface area (Å²) >= 11 is 0. The van der Waals surface area contributed by atoms with Gasteiger partial charge in [-0.15, -0.1) is 0 Å². The monoisotopic (exact) mass is 644 g/mol. The smallest absolute Gasteiger partial charge is 0.306 e. The van der Waals surface area contributed by atoms with Gasteiger partial charge in [0.25, 0.3) is 0 Å². The van der Waals surface area contributed by atoms with E-state index in [0.29, 0.717) is 50.9 Å². The van der Waals surface area contributed by atoms with Crippen molar-refractivity contribution in [3.05, 3.63) is 71.3 Å². The number of esters is 1. The Morgan fingerprint density at radius 2 is 1.77 bits per heavy atom. The summed E-state index contributed by atoms with van der Waals surface area (Å²) in [5, 5.41) is 33.0. The van der Waals surface area contributed by atoms with Crippen LogP contribution in [0.3, 0.4) is 0 Å². The number of ether oxygens (including phenoxy) is 1. The van der Waals surface area contributed by atoms with Gasteiger partial charge in [0.05, 0.1) is 12.2 Å². The van der Waals surface area contributed by atoms with Crippen LogP contribution in [-0.4, -0.2) is 57.3 Å². The second-order valence-corrected chi connectivity index (χ2v) is 15.5. The Balaban J connectivity index is 0.967. The predicted octanol–water partition coefficient (Wildman–Crippen LogP) is 6.00. The first kappa shape index (κ1) is 34.0. The van der Waals surface area contributed by atoms with Gasteiger partial charge in [-0.25, -0.2) is 0 Å². The molecule has 0 aromatic heterocycles. The van der Waals surface area contributed by atoms with Crippen LogP contribution in [0.4, 0.5) is 0 Å². The summed E-state index contributed by atoms with van der Waals surface area (Å²) in [4.78, 5) is 38.2. The van der Waals surface area contributed by atoms with E-state index in [9.17, 15) is 29.7 Å². The molecule has 0 amide bonds. The fraction of sp³-hybridized carbons (Fsp3) is 0.625. The third-order valence-corrected chi connectivity index (χ3v) is 13.0. The number of hydrogen-bond donors (Lipinski definition) is 3. The van der Waals surface area contributed by atoms with E-state index in [4.69, 9.17) is 4.74 Å². The molecule has 3 unspecified atom stereocenters. The molecule has 9 atom stereocenters. The average molecular weight is 645 g/mol. The Kier molecular flexibility index (Phi) is 9.81. The van der Waals surface area contributed by atoms with Gasteiger partial charge in [-0.3, -0.25) is 14.4 Å². The van der Waals surface area contributed by atoms with Crippen molar-refractivity contribution >= 4 is 17.5 Å². The number of hydrogen-bond acceptors (Lipinski definition) is 7. The number of aliphatic hydroxyl groups excluding tert-OH is 2. The lowest BCUT2D eigenvalue weighted by Gasteiger charge is -2.54. The van der Waals surface area contributed by atoms with Crippen LogP contribution in [0.15, 0.2) is 65.8 Å². The zero-order valence-corrected chi connectivity index (χ0v) is 28.0. The molecule has 3 saturated carbocycles. The minimum absolute atomic E-state index is 0.00303. The van der Waals surface area contributed by atoms with E-state index < -0.39 is 41.6 Å². The molecule has 254 valence electrons. The molecule has 1 aromatic carbocycles. The minimum atomic E-state index is -1.53. The van der Waals surface area contributed by atoms with Gasteiger partial charge in [0.2, 0.25) is 5.78 Å². The van der Waals surface area contributed by atoms with Crippen LogP contribution in [0.2, 0.25) is 0 Å². The van der Waals surface area contributed by atoms with Crippen LogP contribution in [-0.2, 0) is 25.5 Å². The molecule has 7 nitrogen and oxygen atoms in total. The molecule has 0 heterocycles. The molecule has 47 heavy (non-hydrogen) atoms. The maximum atomic E-state index is 13.5. The number of rotatable bonds is 11. The highest BCUT2D eigenvalue weighted by Gasteiger charge is 2.64. The first-order valence-electron chi connectivity index (χ1n) is 17.9. The van der Waals surface area contributed by atoms with Crippen molar-refractivity contribution in [1.29, 1.82) is 0 Å². The Bertz CT molecular complexity index is 1440. The van der Waals surface area contributed by atoms with E-state index in [2.05, 4.69) is 25.1 Å². The predicted molar refractivity (Wildman–Crippen MR) is 179 cm³/mol. The highest BCUT2D eigenvalue weighted by Crippen LogP contribution is 2.65. The zero-order valence-electron chi connectivity index (χ0n) is 28.0. The van der Waals surface area contributed by atoms with Gasteiger partial charge in [0.1, 0.15) is 5.60 Å². The van der Waals surface area contributed by atoms with E-state index in [0.717, 1.165) is 37.7 Å². The summed E-state index contributed by atoms with van der Waals surface area (Å²) in [5.74, 6) is -0.164. The highest BCUT2D eigenvalue weighted by molar-refractivity contribution is 5.92. The van der Waals surface area contributed by atoms with Gasteiger partial charge >= 0.3 is 5.97 Å². The van der Waals surface area contributed by atoms with E-state index in [1.54, 1.807) is 0 Å². The van der Waals surface area contributed by atoms with Gasteiger partial charge in [-0.05, 0) is 106 Å². The molecule has 5 aliphatic rings. The molecule has 7 heteroatoms. The summed E-state index contributed by atoms with van der Waals surface area (Å²) in [7, 11) is 0. The standard InChI is InChI=1S/C40H52O7/c1-38-19-16-28(41)23-27(38)14-15-30-32(38)17-20-39(2)33(30)18-21-40(39,46)36(44)25-47-37(45)13-9-4-3-8-12-29-31(35(43)24-34(29)42)22-26-10-6-5-7-11-26/h3,5-8,10-11,17,23,29-31,33-35,42-43,46H,4,9,12-16,18-22,24-25H2,1-2H3/b8-3-/t29-,30-,31?,33+,34+,35-,38?,39?,40+/m1/s1. The van der Waals surface area contributed by atoms with Gasteiger partial charge in [-0.2, -0.15) is 0 Å². The third-order valence-electron chi connectivity index (χ3n) is 13.0. The van der Waals surface area contributed by atoms with Gasteiger partial charge < -0.3 is 20.1 Å². The Labute approximate surface area is 279 Å². The maximum Gasteiger partial charge on any atom is 0.306 e. The van der Waals surface area contributed by atoms with Crippen molar-refractivity contribution in [3.63, 3.8) is 0 Å². The van der Waals surface area contributed by atoms with Crippen LogP contribution in [0.1, 0.15) is 96.5 Å². The number of Topliss-reactive ketones (excluding diaryl/α,β-unsaturated/α-hetero) is 1. The van der Waals surface area contributed by atoms with Crippen LogP contribution >= 0.6 is 0 Å². The van der Waals surface area contributed by atoms with Crippen molar-refractivity contribution in [2.45, 2.75) is 115 Å². The van der Waals surface area contributed by atoms with Gasteiger partial charge in [0, 0.05) is 23.7 Å². The molecule has 6 rings (SSSR count). The highest BCUT2D eigenvalue weighted by atomic mass is 16.5. The number of carbonyl (C=O) groups is 3.